The fourth-order valence-electron chi connectivity index (χ4n) is 2.08. The molecule has 1 aromatic carbocycles. The second-order valence-corrected chi connectivity index (χ2v) is 4.38. The summed E-state index contributed by atoms with van der Waals surface area (Å²) < 4.78 is 7.61. The highest BCUT2D eigenvalue weighted by Gasteiger charge is 2.09. The number of rotatable bonds is 5. The van der Waals surface area contributed by atoms with Crippen molar-refractivity contribution in [1.29, 1.82) is 0 Å². The highest BCUT2D eigenvalue weighted by Crippen LogP contribution is 2.25. The van der Waals surface area contributed by atoms with Gasteiger partial charge in [0.05, 0.1) is 0 Å². The third-order valence-electron chi connectivity index (χ3n) is 2.96. The first-order valence-corrected chi connectivity index (χ1v) is 6.21. The van der Waals surface area contributed by atoms with Crippen molar-refractivity contribution in [2.24, 2.45) is 0 Å². The van der Waals surface area contributed by atoms with Crippen LogP contribution < -0.4 is 4.74 Å². The average molecular weight is 259 g/mol. The van der Waals surface area contributed by atoms with Crippen LogP contribution in [-0.2, 0) is 13.2 Å². The van der Waals surface area contributed by atoms with Crippen molar-refractivity contribution in [3.63, 3.8) is 0 Å². The van der Waals surface area contributed by atoms with Crippen LogP contribution in [0.4, 0.5) is 0 Å². The van der Waals surface area contributed by atoms with Gasteiger partial charge >= 0.3 is 0 Å². The van der Waals surface area contributed by atoms with Gasteiger partial charge in [0.15, 0.2) is 5.82 Å². The van der Waals surface area contributed by atoms with Gasteiger partial charge in [-0.3, -0.25) is 4.79 Å². The van der Waals surface area contributed by atoms with E-state index in [1.54, 1.807) is 4.68 Å². The summed E-state index contributed by atoms with van der Waals surface area (Å²) in [6, 6.07) is 3.64. The molecule has 0 amide bonds. The van der Waals surface area contributed by atoms with Crippen molar-refractivity contribution in [3.8, 4) is 5.75 Å². The van der Waals surface area contributed by atoms with Gasteiger partial charge in [0.1, 0.15) is 25.0 Å². The van der Waals surface area contributed by atoms with Crippen LogP contribution in [0.5, 0.6) is 5.75 Å². The molecule has 0 unspecified atom stereocenters. The highest BCUT2D eigenvalue weighted by atomic mass is 16.5. The van der Waals surface area contributed by atoms with Gasteiger partial charge in [0.2, 0.25) is 0 Å². The third kappa shape index (κ3) is 2.81. The van der Waals surface area contributed by atoms with Gasteiger partial charge in [-0.25, -0.2) is 9.67 Å². The predicted molar refractivity (Wildman–Crippen MR) is 71.3 cm³/mol. The molecule has 0 saturated carbocycles. The summed E-state index contributed by atoms with van der Waals surface area (Å²) in [5, 5.41) is 4.10. The number of carbonyl (C=O) groups excluding carboxylic acids is 1. The largest absolute Gasteiger partial charge is 0.485 e. The van der Waals surface area contributed by atoms with E-state index in [1.807, 2.05) is 32.9 Å². The maximum atomic E-state index is 10.8. The number of hydrogen-bond donors (Lipinski definition) is 0. The van der Waals surface area contributed by atoms with Gasteiger partial charge in [-0.15, -0.1) is 0 Å². The zero-order valence-electron chi connectivity index (χ0n) is 11.4. The van der Waals surface area contributed by atoms with E-state index in [-0.39, 0.29) is 0 Å². The van der Waals surface area contributed by atoms with Crippen LogP contribution in [-0.4, -0.2) is 21.1 Å². The summed E-state index contributed by atoms with van der Waals surface area (Å²) >= 11 is 0. The summed E-state index contributed by atoms with van der Waals surface area (Å²) in [5.74, 6) is 1.59. The second kappa shape index (κ2) is 5.65. The molecule has 100 valence electrons. The Labute approximate surface area is 112 Å². The van der Waals surface area contributed by atoms with Crippen molar-refractivity contribution in [2.45, 2.75) is 33.9 Å². The molecule has 0 radical (unpaired) electrons. The predicted octanol–water partition coefficient (Wildman–Crippen LogP) is 2.31. The number of hydrogen-bond acceptors (Lipinski definition) is 4. The number of aldehydes is 1. The van der Waals surface area contributed by atoms with Crippen molar-refractivity contribution in [2.75, 3.05) is 0 Å². The molecule has 0 N–H and O–H groups in total. The standard InChI is InChI=1S/C14H17N3O2/c1-4-17-13(15-9-16-17)8-19-14-10(2)5-12(7-18)6-11(14)3/h5-7,9H,4,8H2,1-3H3. The number of carbonyl (C=O) groups is 1. The quantitative estimate of drug-likeness (QED) is 0.773. The van der Waals surface area contributed by atoms with Gasteiger partial charge < -0.3 is 4.74 Å². The Morgan fingerprint density at radius 2 is 2.00 bits per heavy atom. The molecule has 0 saturated heterocycles. The minimum Gasteiger partial charge on any atom is -0.485 e. The zero-order valence-corrected chi connectivity index (χ0v) is 11.4. The molecule has 1 heterocycles. The number of benzene rings is 1. The van der Waals surface area contributed by atoms with E-state index in [1.165, 1.54) is 6.33 Å². The normalized spacial score (nSPS) is 10.5. The van der Waals surface area contributed by atoms with Crippen LogP contribution in [0.2, 0.25) is 0 Å². The fourth-order valence-corrected chi connectivity index (χ4v) is 2.08. The lowest BCUT2D eigenvalue weighted by Crippen LogP contribution is -2.08. The van der Waals surface area contributed by atoms with Crippen molar-refractivity contribution in [1.82, 2.24) is 14.8 Å². The Bertz CT molecular complexity index is 567. The van der Waals surface area contributed by atoms with Crippen LogP contribution in [0.15, 0.2) is 18.5 Å². The first kappa shape index (κ1) is 13.3. The van der Waals surface area contributed by atoms with Gasteiger partial charge in [-0.1, -0.05) is 0 Å². The molecule has 0 atom stereocenters. The molecular weight excluding hydrogens is 242 g/mol. The highest BCUT2D eigenvalue weighted by molar-refractivity contribution is 5.76. The summed E-state index contributed by atoms with van der Waals surface area (Å²) in [6.07, 6.45) is 2.37. The molecule has 5 nitrogen and oxygen atoms in total. The molecule has 0 fully saturated rings. The molecule has 0 aliphatic carbocycles. The maximum Gasteiger partial charge on any atom is 0.164 e. The van der Waals surface area contributed by atoms with Gasteiger partial charge in [0, 0.05) is 12.1 Å². The molecule has 2 rings (SSSR count). The van der Waals surface area contributed by atoms with E-state index in [9.17, 15) is 4.79 Å². The fraction of sp³-hybridized carbons (Fsp3) is 0.357. The summed E-state index contributed by atoms with van der Waals surface area (Å²) in [6.45, 7) is 7.00. The minimum atomic E-state index is 0.371. The Morgan fingerprint density at radius 1 is 1.32 bits per heavy atom. The van der Waals surface area contributed by atoms with Crippen LogP contribution in [0.1, 0.15) is 34.2 Å². The lowest BCUT2D eigenvalue weighted by molar-refractivity contribution is 0.112. The van der Waals surface area contributed by atoms with E-state index < -0.39 is 0 Å². The Balaban J connectivity index is 2.18. The van der Waals surface area contributed by atoms with Crippen molar-refractivity contribution >= 4 is 6.29 Å². The zero-order chi connectivity index (χ0) is 13.8. The number of ether oxygens (including phenoxy) is 1. The Kier molecular flexibility index (Phi) is 3.94. The summed E-state index contributed by atoms with van der Waals surface area (Å²) in [7, 11) is 0. The second-order valence-electron chi connectivity index (χ2n) is 4.38. The van der Waals surface area contributed by atoms with Gasteiger partial charge in [-0.05, 0) is 44.0 Å². The molecule has 0 aliphatic heterocycles. The lowest BCUT2D eigenvalue weighted by Gasteiger charge is -2.12. The molecule has 19 heavy (non-hydrogen) atoms. The van der Waals surface area contributed by atoms with Crippen LogP contribution in [0.3, 0.4) is 0 Å². The van der Waals surface area contributed by atoms with Gasteiger partial charge in [-0.2, -0.15) is 5.10 Å². The number of aromatic nitrogens is 3. The molecule has 5 heteroatoms. The van der Waals surface area contributed by atoms with Crippen molar-refractivity contribution in [3.05, 3.63) is 41.0 Å². The monoisotopic (exact) mass is 259 g/mol. The number of nitrogens with zero attached hydrogens (tertiary/aromatic N) is 3. The van der Waals surface area contributed by atoms with E-state index in [4.69, 9.17) is 4.74 Å². The van der Waals surface area contributed by atoms with E-state index in [0.29, 0.717) is 12.2 Å². The molecular formula is C14H17N3O2. The first-order valence-electron chi connectivity index (χ1n) is 6.21. The smallest absolute Gasteiger partial charge is 0.164 e. The summed E-state index contributed by atoms with van der Waals surface area (Å²) in [4.78, 5) is 15.0. The molecule has 0 aliphatic rings. The van der Waals surface area contributed by atoms with Gasteiger partial charge in [0.25, 0.3) is 0 Å². The van der Waals surface area contributed by atoms with E-state index in [2.05, 4.69) is 10.1 Å². The van der Waals surface area contributed by atoms with Crippen LogP contribution in [0, 0.1) is 13.8 Å². The van der Waals surface area contributed by atoms with Crippen molar-refractivity contribution < 1.29 is 9.53 Å². The minimum absolute atomic E-state index is 0.371. The van der Waals surface area contributed by atoms with Crippen LogP contribution >= 0.6 is 0 Å². The van der Waals surface area contributed by atoms with E-state index in [0.717, 1.165) is 35.5 Å². The SMILES string of the molecule is CCn1ncnc1COc1c(C)cc(C=O)cc1C. The third-order valence-corrected chi connectivity index (χ3v) is 2.96. The van der Waals surface area contributed by atoms with Crippen LogP contribution in [0.25, 0.3) is 0 Å². The first-order chi connectivity index (χ1) is 9.15. The molecule has 0 spiro atoms. The molecule has 2 aromatic rings. The topological polar surface area (TPSA) is 57.0 Å². The average Bonchev–Trinajstić information content (AvgIpc) is 2.85. The summed E-state index contributed by atoms with van der Waals surface area (Å²) in [5.41, 5.74) is 2.56. The maximum absolute atomic E-state index is 10.8. The Morgan fingerprint density at radius 3 is 2.58 bits per heavy atom. The Hall–Kier alpha value is -2.17. The lowest BCUT2D eigenvalue weighted by atomic mass is 10.1. The molecule has 1 aromatic heterocycles. The van der Waals surface area contributed by atoms with E-state index >= 15 is 0 Å². The molecule has 0 bridgehead atoms. The number of aryl methyl sites for hydroxylation is 3.